The molecule has 0 aliphatic rings. The van der Waals surface area contributed by atoms with Gasteiger partial charge in [0.1, 0.15) is 5.76 Å². The third kappa shape index (κ3) is 2.15. The van der Waals surface area contributed by atoms with Crippen LogP contribution in [0.5, 0.6) is 0 Å². The van der Waals surface area contributed by atoms with E-state index in [0.29, 0.717) is 23.6 Å². The lowest BCUT2D eigenvalue weighted by Crippen LogP contribution is -1.91. The van der Waals surface area contributed by atoms with E-state index in [1.807, 2.05) is 24.3 Å². The summed E-state index contributed by atoms with van der Waals surface area (Å²) >= 11 is 0. The third-order valence-corrected chi connectivity index (χ3v) is 2.66. The van der Waals surface area contributed by atoms with Crippen molar-refractivity contribution in [3.8, 4) is 22.7 Å². The molecule has 0 amide bonds. The summed E-state index contributed by atoms with van der Waals surface area (Å²) in [6.07, 6.45) is 0.678. The summed E-state index contributed by atoms with van der Waals surface area (Å²) in [5.41, 5.74) is 1.70. The van der Waals surface area contributed by atoms with Crippen LogP contribution >= 0.6 is 0 Å². The lowest BCUT2D eigenvalue weighted by Gasteiger charge is -1.99. The molecule has 0 aliphatic heterocycles. The van der Waals surface area contributed by atoms with Crippen molar-refractivity contribution < 1.29 is 9.21 Å². The lowest BCUT2D eigenvalue weighted by atomic mass is 10.1. The third-order valence-electron chi connectivity index (χ3n) is 2.66. The van der Waals surface area contributed by atoms with Gasteiger partial charge in [0, 0.05) is 11.1 Å². The standard InChI is InChI=1S/C13H10N4O2/c1-17-15-13(14-16-17)10-4-2-3-9(7-10)12-6-5-11(8-18)19-12/h2-8H,1H3. The number of aromatic nitrogens is 4. The van der Waals surface area contributed by atoms with Crippen LogP contribution in [0.3, 0.4) is 0 Å². The van der Waals surface area contributed by atoms with Gasteiger partial charge in [-0.05, 0) is 23.4 Å². The average molecular weight is 254 g/mol. The summed E-state index contributed by atoms with van der Waals surface area (Å²) in [5.74, 6) is 1.48. The number of tetrazole rings is 1. The van der Waals surface area contributed by atoms with Gasteiger partial charge < -0.3 is 4.42 Å². The Balaban J connectivity index is 2.02. The fraction of sp³-hybridized carbons (Fsp3) is 0.0769. The Morgan fingerprint density at radius 3 is 2.74 bits per heavy atom. The van der Waals surface area contributed by atoms with Gasteiger partial charge >= 0.3 is 0 Å². The number of hydrogen-bond acceptors (Lipinski definition) is 5. The molecule has 0 aliphatic carbocycles. The van der Waals surface area contributed by atoms with Crippen LogP contribution in [0, 0.1) is 0 Å². The van der Waals surface area contributed by atoms with Gasteiger partial charge in [0.05, 0.1) is 7.05 Å². The zero-order chi connectivity index (χ0) is 13.2. The summed E-state index contributed by atoms with van der Waals surface area (Å²) < 4.78 is 5.39. The van der Waals surface area contributed by atoms with Crippen molar-refractivity contribution in [3.63, 3.8) is 0 Å². The van der Waals surface area contributed by atoms with Crippen LogP contribution in [-0.4, -0.2) is 26.5 Å². The lowest BCUT2D eigenvalue weighted by molar-refractivity contribution is 0.110. The predicted molar refractivity (Wildman–Crippen MR) is 67.3 cm³/mol. The Morgan fingerprint density at radius 2 is 2.05 bits per heavy atom. The minimum Gasteiger partial charge on any atom is -0.453 e. The molecule has 94 valence electrons. The van der Waals surface area contributed by atoms with Gasteiger partial charge in [-0.2, -0.15) is 4.80 Å². The van der Waals surface area contributed by atoms with E-state index in [1.165, 1.54) is 4.80 Å². The first kappa shape index (κ1) is 11.3. The second kappa shape index (κ2) is 4.49. The molecule has 6 heteroatoms. The molecule has 6 nitrogen and oxygen atoms in total. The molecule has 0 unspecified atom stereocenters. The topological polar surface area (TPSA) is 73.8 Å². The maximum absolute atomic E-state index is 10.6. The number of hydrogen-bond donors (Lipinski definition) is 0. The molecule has 0 saturated heterocycles. The molecule has 3 rings (SSSR count). The van der Waals surface area contributed by atoms with E-state index in [4.69, 9.17) is 4.42 Å². The zero-order valence-electron chi connectivity index (χ0n) is 10.1. The fourth-order valence-corrected chi connectivity index (χ4v) is 1.78. The summed E-state index contributed by atoms with van der Waals surface area (Å²) in [6.45, 7) is 0. The first-order valence-corrected chi connectivity index (χ1v) is 5.66. The van der Waals surface area contributed by atoms with E-state index < -0.39 is 0 Å². The largest absolute Gasteiger partial charge is 0.453 e. The number of benzene rings is 1. The molecule has 1 aromatic carbocycles. The van der Waals surface area contributed by atoms with Crippen molar-refractivity contribution in [2.24, 2.45) is 7.05 Å². The van der Waals surface area contributed by atoms with Crippen molar-refractivity contribution in [2.45, 2.75) is 0 Å². The Labute approximate surface area is 108 Å². The molecular weight excluding hydrogens is 244 g/mol. The van der Waals surface area contributed by atoms with E-state index in [0.717, 1.165) is 11.1 Å². The highest BCUT2D eigenvalue weighted by Crippen LogP contribution is 2.25. The maximum atomic E-state index is 10.6. The molecule has 0 spiro atoms. The van der Waals surface area contributed by atoms with Crippen molar-refractivity contribution in [1.29, 1.82) is 0 Å². The number of aryl methyl sites for hydroxylation is 1. The Bertz CT molecular complexity index is 730. The first-order chi connectivity index (χ1) is 9.26. The molecular formula is C13H10N4O2. The van der Waals surface area contributed by atoms with Crippen molar-refractivity contribution >= 4 is 6.29 Å². The fourth-order valence-electron chi connectivity index (χ4n) is 1.78. The molecule has 0 saturated carbocycles. The second-order valence-corrected chi connectivity index (χ2v) is 4.00. The van der Waals surface area contributed by atoms with Crippen molar-refractivity contribution in [2.75, 3.05) is 0 Å². The van der Waals surface area contributed by atoms with Gasteiger partial charge in [0.15, 0.2) is 12.0 Å². The molecule has 0 atom stereocenters. The van der Waals surface area contributed by atoms with Crippen LogP contribution in [-0.2, 0) is 7.05 Å². The van der Waals surface area contributed by atoms with Gasteiger partial charge in [-0.1, -0.05) is 18.2 Å². The zero-order valence-corrected chi connectivity index (χ0v) is 10.1. The Morgan fingerprint density at radius 1 is 1.21 bits per heavy atom. The van der Waals surface area contributed by atoms with Gasteiger partial charge in [0.2, 0.25) is 5.82 Å². The van der Waals surface area contributed by atoms with Crippen LogP contribution in [0.4, 0.5) is 0 Å². The summed E-state index contributed by atoms with van der Waals surface area (Å²) in [5, 5.41) is 11.9. The van der Waals surface area contributed by atoms with Crippen molar-refractivity contribution in [1.82, 2.24) is 20.2 Å². The SMILES string of the molecule is Cn1nnc(-c2cccc(-c3ccc(C=O)o3)c2)n1. The number of rotatable bonds is 3. The maximum Gasteiger partial charge on any atom is 0.204 e. The van der Waals surface area contributed by atoms with E-state index in [1.54, 1.807) is 19.2 Å². The second-order valence-electron chi connectivity index (χ2n) is 4.00. The molecule has 0 radical (unpaired) electrons. The van der Waals surface area contributed by atoms with Gasteiger partial charge in [-0.15, -0.1) is 10.2 Å². The normalized spacial score (nSPS) is 10.6. The van der Waals surface area contributed by atoms with Crippen LogP contribution in [0.1, 0.15) is 10.6 Å². The Hall–Kier alpha value is -2.76. The first-order valence-electron chi connectivity index (χ1n) is 5.66. The predicted octanol–water partition coefficient (Wildman–Crippen LogP) is 1.95. The highest BCUT2D eigenvalue weighted by molar-refractivity contribution is 5.73. The smallest absolute Gasteiger partial charge is 0.204 e. The summed E-state index contributed by atoms with van der Waals surface area (Å²) in [7, 11) is 1.71. The quantitative estimate of drug-likeness (QED) is 0.668. The molecule has 0 fully saturated rings. The highest BCUT2D eigenvalue weighted by Gasteiger charge is 2.08. The van der Waals surface area contributed by atoms with Crippen LogP contribution in [0.15, 0.2) is 40.8 Å². The molecule has 0 bridgehead atoms. The average Bonchev–Trinajstić information content (AvgIpc) is 3.07. The number of carbonyl (C=O) groups excluding carboxylic acids is 1. The molecule has 0 N–H and O–H groups in total. The van der Waals surface area contributed by atoms with Gasteiger partial charge in [0.25, 0.3) is 0 Å². The minimum absolute atomic E-state index is 0.304. The van der Waals surface area contributed by atoms with Crippen molar-refractivity contribution in [3.05, 3.63) is 42.2 Å². The van der Waals surface area contributed by atoms with E-state index in [-0.39, 0.29) is 0 Å². The molecule has 19 heavy (non-hydrogen) atoms. The van der Waals surface area contributed by atoms with Gasteiger partial charge in [-0.3, -0.25) is 4.79 Å². The highest BCUT2D eigenvalue weighted by atomic mass is 16.3. The summed E-state index contributed by atoms with van der Waals surface area (Å²) in [6, 6.07) is 11.0. The molecule has 2 aromatic heterocycles. The summed E-state index contributed by atoms with van der Waals surface area (Å²) in [4.78, 5) is 12.0. The molecule has 2 heterocycles. The van der Waals surface area contributed by atoms with E-state index in [2.05, 4.69) is 15.4 Å². The number of aldehydes is 1. The minimum atomic E-state index is 0.304. The number of nitrogens with zero attached hydrogens (tertiary/aromatic N) is 4. The number of furan rings is 1. The van der Waals surface area contributed by atoms with Crippen LogP contribution in [0.2, 0.25) is 0 Å². The Kier molecular flexibility index (Phi) is 2.68. The van der Waals surface area contributed by atoms with Gasteiger partial charge in [-0.25, -0.2) is 0 Å². The number of carbonyl (C=O) groups is 1. The monoisotopic (exact) mass is 254 g/mol. The van der Waals surface area contributed by atoms with Crippen LogP contribution < -0.4 is 0 Å². The van der Waals surface area contributed by atoms with E-state index >= 15 is 0 Å². The molecule has 3 aromatic rings. The van der Waals surface area contributed by atoms with Crippen LogP contribution in [0.25, 0.3) is 22.7 Å². The van der Waals surface area contributed by atoms with E-state index in [9.17, 15) is 4.79 Å².